The SMILES string of the molecule is CCC(CCO)NC1CCCCCC1C#N. The van der Waals surface area contributed by atoms with Crippen LogP contribution in [0.15, 0.2) is 0 Å². The van der Waals surface area contributed by atoms with Crippen LogP contribution in [0.5, 0.6) is 0 Å². The summed E-state index contributed by atoms with van der Waals surface area (Å²) in [7, 11) is 0. The molecule has 0 aliphatic heterocycles. The molecule has 3 nitrogen and oxygen atoms in total. The maximum atomic E-state index is 9.16. The highest BCUT2D eigenvalue weighted by Crippen LogP contribution is 2.23. The van der Waals surface area contributed by atoms with Crippen LogP contribution in [-0.4, -0.2) is 23.8 Å². The summed E-state index contributed by atoms with van der Waals surface area (Å²) in [6.45, 7) is 2.36. The van der Waals surface area contributed by atoms with Crippen molar-refractivity contribution >= 4 is 0 Å². The van der Waals surface area contributed by atoms with Crippen LogP contribution in [0.1, 0.15) is 51.9 Å². The average molecular weight is 224 g/mol. The van der Waals surface area contributed by atoms with Gasteiger partial charge in [-0.25, -0.2) is 0 Å². The standard InChI is InChI=1S/C13H24N2O/c1-2-12(8-9-16)15-13-7-5-3-4-6-11(13)10-14/h11-13,15-16H,2-9H2,1H3. The minimum Gasteiger partial charge on any atom is -0.396 e. The van der Waals surface area contributed by atoms with E-state index in [1.165, 1.54) is 19.3 Å². The minimum absolute atomic E-state index is 0.162. The molecule has 1 saturated carbocycles. The molecule has 0 aromatic heterocycles. The average Bonchev–Trinajstić information content (AvgIpc) is 2.53. The molecule has 0 heterocycles. The summed E-state index contributed by atoms with van der Waals surface area (Å²) in [5, 5.41) is 21.7. The normalized spacial score (nSPS) is 28.1. The number of nitriles is 1. The molecular weight excluding hydrogens is 200 g/mol. The summed E-state index contributed by atoms with van der Waals surface area (Å²) < 4.78 is 0. The van der Waals surface area contributed by atoms with E-state index in [-0.39, 0.29) is 12.5 Å². The quantitative estimate of drug-likeness (QED) is 0.704. The molecule has 3 unspecified atom stereocenters. The van der Waals surface area contributed by atoms with E-state index in [1.54, 1.807) is 0 Å². The van der Waals surface area contributed by atoms with Crippen molar-refractivity contribution in [2.75, 3.05) is 6.61 Å². The van der Waals surface area contributed by atoms with Crippen LogP contribution in [0.25, 0.3) is 0 Å². The van der Waals surface area contributed by atoms with Crippen molar-refractivity contribution in [3.63, 3.8) is 0 Å². The third-order valence-corrected chi connectivity index (χ3v) is 3.60. The van der Waals surface area contributed by atoms with E-state index in [9.17, 15) is 0 Å². The number of aliphatic hydroxyl groups excluding tert-OH is 1. The predicted molar refractivity (Wildman–Crippen MR) is 64.9 cm³/mol. The Bertz CT molecular complexity index is 224. The van der Waals surface area contributed by atoms with E-state index in [4.69, 9.17) is 10.4 Å². The highest BCUT2D eigenvalue weighted by molar-refractivity contribution is 4.94. The van der Waals surface area contributed by atoms with Crippen molar-refractivity contribution in [3.8, 4) is 6.07 Å². The first-order valence-corrected chi connectivity index (χ1v) is 6.58. The summed E-state index contributed by atoms with van der Waals surface area (Å²) in [6, 6.07) is 3.14. The maximum Gasteiger partial charge on any atom is 0.0672 e. The second-order valence-electron chi connectivity index (χ2n) is 4.76. The lowest BCUT2D eigenvalue weighted by Crippen LogP contribution is -2.42. The second kappa shape index (κ2) is 7.65. The third kappa shape index (κ3) is 4.11. The van der Waals surface area contributed by atoms with Gasteiger partial charge in [0.15, 0.2) is 0 Å². The summed E-state index contributed by atoms with van der Waals surface area (Å²) in [4.78, 5) is 0. The van der Waals surface area contributed by atoms with Crippen LogP contribution in [0.3, 0.4) is 0 Å². The van der Waals surface area contributed by atoms with Crippen LogP contribution >= 0.6 is 0 Å². The summed E-state index contributed by atoms with van der Waals surface area (Å²) >= 11 is 0. The first-order chi connectivity index (χ1) is 7.81. The van der Waals surface area contributed by atoms with Gasteiger partial charge in [0.25, 0.3) is 0 Å². The van der Waals surface area contributed by atoms with Gasteiger partial charge in [-0.2, -0.15) is 5.26 Å². The van der Waals surface area contributed by atoms with Crippen molar-refractivity contribution in [2.45, 2.75) is 64.0 Å². The van der Waals surface area contributed by atoms with Crippen molar-refractivity contribution < 1.29 is 5.11 Å². The molecular formula is C13H24N2O. The first-order valence-electron chi connectivity index (χ1n) is 6.58. The molecule has 0 bridgehead atoms. The molecule has 0 aromatic rings. The van der Waals surface area contributed by atoms with E-state index < -0.39 is 0 Å². The van der Waals surface area contributed by atoms with Gasteiger partial charge in [-0.05, 0) is 25.7 Å². The number of aliphatic hydroxyl groups is 1. The lowest BCUT2D eigenvalue weighted by molar-refractivity contribution is 0.245. The Hall–Kier alpha value is -0.590. The van der Waals surface area contributed by atoms with Gasteiger partial charge >= 0.3 is 0 Å². The summed E-state index contributed by atoms with van der Waals surface area (Å²) in [5.41, 5.74) is 0. The first kappa shape index (κ1) is 13.5. The Kier molecular flexibility index (Phi) is 6.44. The number of hydrogen-bond donors (Lipinski definition) is 2. The molecule has 1 aliphatic carbocycles. The molecule has 0 radical (unpaired) electrons. The number of nitrogens with zero attached hydrogens (tertiary/aromatic N) is 1. The van der Waals surface area contributed by atoms with Gasteiger partial charge in [-0.3, -0.25) is 0 Å². The number of nitrogens with one attached hydrogen (secondary N) is 1. The largest absolute Gasteiger partial charge is 0.396 e. The third-order valence-electron chi connectivity index (χ3n) is 3.60. The number of rotatable bonds is 5. The molecule has 0 aromatic carbocycles. The van der Waals surface area contributed by atoms with Gasteiger partial charge in [0.1, 0.15) is 0 Å². The topological polar surface area (TPSA) is 56.0 Å². The molecule has 3 heteroatoms. The molecule has 1 fully saturated rings. The van der Waals surface area contributed by atoms with E-state index in [2.05, 4.69) is 18.3 Å². The van der Waals surface area contributed by atoms with Gasteiger partial charge in [-0.1, -0.05) is 26.2 Å². The van der Waals surface area contributed by atoms with Crippen molar-refractivity contribution in [1.82, 2.24) is 5.32 Å². The van der Waals surface area contributed by atoms with E-state index in [0.717, 1.165) is 25.7 Å². The molecule has 1 rings (SSSR count). The van der Waals surface area contributed by atoms with Crippen LogP contribution in [-0.2, 0) is 0 Å². The van der Waals surface area contributed by atoms with Crippen LogP contribution < -0.4 is 5.32 Å². The molecule has 16 heavy (non-hydrogen) atoms. The Morgan fingerprint density at radius 2 is 2.12 bits per heavy atom. The molecule has 3 atom stereocenters. The van der Waals surface area contributed by atoms with Crippen molar-refractivity contribution in [1.29, 1.82) is 5.26 Å². The Labute approximate surface area is 98.8 Å². The Balaban J connectivity index is 2.50. The summed E-state index contributed by atoms with van der Waals surface area (Å²) in [6.07, 6.45) is 7.63. The number of hydrogen-bond acceptors (Lipinski definition) is 3. The zero-order valence-corrected chi connectivity index (χ0v) is 10.3. The Morgan fingerprint density at radius 1 is 1.38 bits per heavy atom. The van der Waals surface area contributed by atoms with Crippen molar-refractivity contribution in [3.05, 3.63) is 0 Å². The smallest absolute Gasteiger partial charge is 0.0672 e. The van der Waals surface area contributed by atoms with Gasteiger partial charge in [0, 0.05) is 18.7 Å². The van der Waals surface area contributed by atoms with E-state index in [1.807, 2.05) is 0 Å². The van der Waals surface area contributed by atoms with Crippen LogP contribution in [0.4, 0.5) is 0 Å². The van der Waals surface area contributed by atoms with Gasteiger partial charge in [-0.15, -0.1) is 0 Å². The molecule has 1 aliphatic rings. The fourth-order valence-corrected chi connectivity index (χ4v) is 2.53. The monoisotopic (exact) mass is 224 g/mol. The lowest BCUT2D eigenvalue weighted by atomic mass is 9.95. The second-order valence-corrected chi connectivity index (χ2v) is 4.76. The zero-order valence-electron chi connectivity index (χ0n) is 10.3. The van der Waals surface area contributed by atoms with Crippen LogP contribution in [0, 0.1) is 17.2 Å². The van der Waals surface area contributed by atoms with E-state index >= 15 is 0 Å². The predicted octanol–water partition coefficient (Wildman–Crippen LogP) is 2.21. The Morgan fingerprint density at radius 3 is 2.75 bits per heavy atom. The fraction of sp³-hybridized carbons (Fsp3) is 0.923. The van der Waals surface area contributed by atoms with Crippen molar-refractivity contribution in [2.24, 2.45) is 5.92 Å². The molecule has 92 valence electrons. The molecule has 0 spiro atoms. The molecule has 2 N–H and O–H groups in total. The van der Waals surface area contributed by atoms with Gasteiger partial charge in [0.05, 0.1) is 12.0 Å². The van der Waals surface area contributed by atoms with Gasteiger partial charge < -0.3 is 10.4 Å². The highest BCUT2D eigenvalue weighted by Gasteiger charge is 2.24. The molecule has 0 saturated heterocycles. The fourth-order valence-electron chi connectivity index (χ4n) is 2.53. The highest BCUT2D eigenvalue weighted by atomic mass is 16.3. The van der Waals surface area contributed by atoms with E-state index in [0.29, 0.717) is 12.1 Å². The summed E-state index contributed by atoms with van der Waals surface area (Å²) in [5.74, 6) is 0.162. The van der Waals surface area contributed by atoms with Gasteiger partial charge in [0.2, 0.25) is 0 Å². The lowest BCUT2D eigenvalue weighted by Gasteiger charge is -2.26. The molecule has 0 amide bonds. The van der Waals surface area contributed by atoms with Crippen LogP contribution in [0.2, 0.25) is 0 Å². The maximum absolute atomic E-state index is 9.16. The zero-order chi connectivity index (χ0) is 11.8. The minimum atomic E-state index is 0.162.